The summed E-state index contributed by atoms with van der Waals surface area (Å²) >= 11 is 0. The maximum atomic E-state index is 15.7. The molecule has 2 aliphatic rings. The quantitative estimate of drug-likeness (QED) is 0.543. The second-order valence-electron chi connectivity index (χ2n) is 9.64. The molecule has 1 saturated heterocycles. The number of amides is 1. The van der Waals surface area contributed by atoms with Gasteiger partial charge in [0.2, 0.25) is 0 Å². The molecule has 1 aliphatic heterocycles. The van der Waals surface area contributed by atoms with Crippen LogP contribution in [-0.4, -0.2) is 44.3 Å². The molecule has 2 aromatic carbocycles. The Morgan fingerprint density at radius 1 is 1.03 bits per heavy atom. The van der Waals surface area contributed by atoms with Crippen LogP contribution < -0.4 is 0 Å². The first-order valence-electron chi connectivity index (χ1n) is 11.9. The fourth-order valence-electron chi connectivity index (χ4n) is 4.93. The van der Waals surface area contributed by atoms with E-state index in [0.717, 1.165) is 25.7 Å². The molecule has 2 unspecified atom stereocenters. The van der Waals surface area contributed by atoms with Crippen LogP contribution in [0.1, 0.15) is 71.9 Å². The van der Waals surface area contributed by atoms with Crippen molar-refractivity contribution in [3.8, 4) is 16.8 Å². The summed E-state index contributed by atoms with van der Waals surface area (Å²) in [4.78, 5) is 26.7. The molecule has 2 atom stereocenters. The SMILES string of the molecule is CC1CCC(C)N(C(=O)c2cccc(-c3cccc(-n4ncc(C(=O)O)c4C4CC4)c3)c2F)C1. The Bertz CT molecular complexity index is 1260. The number of likely N-dealkylation sites (tertiary alicyclic amines) is 1. The normalized spacial score (nSPS) is 20.4. The Hall–Kier alpha value is -3.48. The molecule has 0 radical (unpaired) electrons. The van der Waals surface area contributed by atoms with Crippen LogP contribution in [0.3, 0.4) is 0 Å². The van der Waals surface area contributed by atoms with Gasteiger partial charge in [-0.1, -0.05) is 31.2 Å². The summed E-state index contributed by atoms with van der Waals surface area (Å²) in [5, 5.41) is 13.9. The van der Waals surface area contributed by atoms with Gasteiger partial charge < -0.3 is 10.0 Å². The Morgan fingerprint density at radius 2 is 1.79 bits per heavy atom. The lowest BCUT2D eigenvalue weighted by Crippen LogP contribution is -2.45. The zero-order chi connectivity index (χ0) is 24.0. The molecule has 34 heavy (non-hydrogen) atoms. The standard InChI is InChI=1S/C27H28FN3O3/c1-16-9-10-17(2)30(15-16)26(32)22-8-4-7-21(24(22)28)19-5-3-6-20(13-19)31-25(18-11-12-18)23(14-29-31)27(33)34/h3-8,13-14,16-18H,9-12,15H2,1-2H3,(H,33,34). The average Bonchev–Trinajstić information content (AvgIpc) is 3.57. The molecule has 1 N–H and O–H groups in total. The van der Waals surface area contributed by atoms with Crippen LogP contribution in [0.15, 0.2) is 48.7 Å². The van der Waals surface area contributed by atoms with Crippen LogP contribution in [0, 0.1) is 11.7 Å². The molecule has 1 amide bonds. The molecule has 3 aromatic rings. The molecule has 0 bridgehead atoms. The van der Waals surface area contributed by atoms with E-state index in [2.05, 4.69) is 12.0 Å². The number of hydrogen-bond donors (Lipinski definition) is 1. The first-order valence-corrected chi connectivity index (χ1v) is 11.9. The number of halogens is 1. The molecule has 5 rings (SSSR count). The van der Waals surface area contributed by atoms with Crippen molar-refractivity contribution in [1.82, 2.24) is 14.7 Å². The molecule has 1 saturated carbocycles. The number of aromatic nitrogens is 2. The molecule has 2 heterocycles. The van der Waals surface area contributed by atoms with Gasteiger partial charge in [0, 0.05) is 24.1 Å². The highest BCUT2D eigenvalue weighted by Gasteiger charge is 2.33. The predicted octanol–water partition coefficient (Wildman–Crippen LogP) is 5.51. The average molecular weight is 462 g/mol. The van der Waals surface area contributed by atoms with Gasteiger partial charge in [0.15, 0.2) is 0 Å². The molecular weight excluding hydrogens is 433 g/mol. The third kappa shape index (κ3) is 4.00. The van der Waals surface area contributed by atoms with Crippen molar-refractivity contribution in [2.24, 2.45) is 5.92 Å². The van der Waals surface area contributed by atoms with E-state index in [4.69, 9.17) is 0 Å². The molecule has 7 heteroatoms. The number of rotatable bonds is 5. The minimum atomic E-state index is -0.997. The van der Waals surface area contributed by atoms with E-state index in [0.29, 0.717) is 35.0 Å². The van der Waals surface area contributed by atoms with Crippen LogP contribution in [0.4, 0.5) is 4.39 Å². The van der Waals surface area contributed by atoms with Crippen molar-refractivity contribution in [3.63, 3.8) is 0 Å². The monoisotopic (exact) mass is 461 g/mol. The lowest BCUT2D eigenvalue weighted by Gasteiger charge is -2.37. The van der Waals surface area contributed by atoms with Crippen molar-refractivity contribution in [2.75, 3.05) is 6.54 Å². The summed E-state index contributed by atoms with van der Waals surface area (Å²) in [7, 11) is 0. The van der Waals surface area contributed by atoms with Crippen molar-refractivity contribution in [3.05, 3.63) is 71.3 Å². The summed E-state index contributed by atoms with van der Waals surface area (Å²) in [6, 6.07) is 12.2. The summed E-state index contributed by atoms with van der Waals surface area (Å²) in [6.45, 7) is 4.77. The van der Waals surface area contributed by atoms with Gasteiger partial charge in [0.25, 0.3) is 5.91 Å². The lowest BCUT2D eigenvalue weighted by atomic mass is 9.93. The summed E-state index contributed by atoms with van der Waals surface area (Å²) in [6.07, 6.45) is 5.22. The van der Waals surface area contributed by atoms with Crippen molar-refractivity contribution < 1.29 is 19.1 Å². The van der Waals surface area contributed by atoms with E-state index in [1.165, 1.54) is 6.20 Å². The number of hydrogen-bond acceptors (Lipinski definition) is 3. The number of aromatic carboxylic acids is 1. The zero-order valence-corrected chi connectivity index (χ0v) is 19.4. The predicted molar refractivity (Wildman–Crippen MR) is 127 cm³/mol. The lowest BCUT2D eigenvalue weighted by molar-refractivity contribution is 0.0569. The Morgan fingerprint density at radius 3 is 2.53 bits per heavy atom. The number of carboxylic acid groups (broad SMARTS) is 1. The van der Waals surface area contributed by atoms with E-state index < -0.39 is 11.8 Å². The van der Waals surface area contributed by atoms with Gasteiger partial charge in [0.05, 0.1) is 23.1 Å². The molecule has 0 spiro atoms. The summed E-state index contributed by atoms with van der Waals surface area (Å²) < 4.78 is 17.3. The van der Waals surface area contributed by atoms with Crippen LogP contribution in [-0.2, 0) is 0 Å². The van der Waals surface area contributed by atoms with Gasteiger partial charge in [-0.25, -0.2) is 13.9 Å². The smallest absolute Gasteiger partial charge is 0.339 e. The van der Waals surface area contributed by atoms with Crippen LogP contribution in [0.2, 0.25) is 0 Å². The van der Waals surface area contributed by atoms with Gasteiger partial charge in [-0.15, -0.1) is 0 Å². The van der Waals surface area contributed by atoms with E-state index in [9.17, 15) is 14.7 Å². The number of carbonyl (C=O) groups is 2. The molecule has 1 aromatic heterocycles. The molecule has 176 valence electrons. The summed E-state index contributed by atoms with van der Waals surface area (Å²) in [5.41, 5.74) is 2.58. The number of nitrogens with zero attached hydrogens (tertiary/aromatic N) is 3. The largest absolute Gasteiger partial charge is 0.478 e. The number of piperidine rings is 1. The second kappa shape index (κ2) is 8.70. The highest BCUT2D eigenvalue weighted by molar-refractivity contribution is 5.96. The van der Waals surface area contributed by atoms with E-state index in [1.807, 2.05) is 13.0 Å². The number of carboxylic acids is 1. The molecule has 1 aliphatic carbocycles. The van der Waals surface area contributed by atoms with Crippen LogP contribution in [0.5, 0.6) is 0 Å². The Kier molecular flexibility index (Phi) is 5.71. The minimum absolute atomic E-state index is 0.0785. The van der Waals surface area contributed by atoms with Gasteiger partial charge in [-0.2, -0.15) is 5.10 Å². The van der Waals surface area contributed by atoms with E-state index >= 15 is 4.39 Å². The minimum Gasteiger partial charge on any atom is -0.478 e. The van der Waals surface area contributed by atoms with Gasteiger partial charge in [-0.3, -0.25) is 4.79 Å². The van der Waals surface area contributed by atoms with Gasteiger partial charge in [-0.05, 0) is 62.3 Å². The summed E-state index contributed by atoms with van der Waals surface area (Å²) in [5.74, 6) is -1.24. The highest BCUT2D eigenvalue weighted by Crippen LogP contribution is 2.42. The Labute approximate surface area is 198 Å². The van der Waals surface area contributed by atoms with Crippen molar-refractivity contribution in [2.45, 2.75) is 51.5 Å². The molecular formula is C27H28FN3O3. The molecule has 6 nitrogen and oxygen atoms in total. The fourth-order valence-corrected chi connectivity index (χ4v) is 4.93. The topological polar surface area (TPSA) is 75.4 Å². The fraction of sp³-hybridized carbons (Fsp3) is 0.370. The first kappa shape index (κ1) is 22.3. The third-order valence-electron chi connectivity index (χ3n) is 7.01. The third-order valence-corrected chi connectivity index (χ3v) is 7.01. The maximum absolute atomic E-state index is 15.7. The highest BCUT2D eigenvalue weighted by atomic mass is 19.1. The molecule has 2 fully saturated rings. The van der Waals surface area contributed by atoms with Crippen LogP contribution >= 0.6 is 0 Å². The van der Waals surface area contributed by atoms with Crippen LogP contribution in [0.25, 0.3) is 16.8 Å². The van der Waals surface area contributed by atoms with Gasteiger partial charge >= 0.3 is 5.97 Å². The second-order valence-corrected chi connectivity index (χ2v) is 9.64. The first-order chi connectivity index (χ1) is 16.3. The number of carbonyl (C=O) groups excluding carboxylic acids is 1. The van der Waals surface area contributed by atoms with Gasteiger partial charge in [0.1, 0.15) is 11.4 Å². The maximum Gasteiger partial charge on any atom is 0.339 e. The van der Waals surface area contributed by atoms with E-state index in [1.54, 1.807) is 46.0 Å². The zero-order valence-electron chi connectivity index (χ0n) is 19.4. The van der Waals surface area contributed by atoms with Crippen molar-refractivity contribution >= 4 is 11.9 Å². The van der Waals surface area contributed by atoms with Crippen molar-refractivity contribution in [1.29, 1.82) is 0 Å². The Balaban J connectivity index is 1.51. The van der Waals surface area contributed by atoms with E-state index in [-0.39, 0.29) is 29.0 Å². The number of benzene rings is 2.